The zero-order valence-corrected chi connectivity index (χ0v) is 12.4. The summed E-state index contributed by atoms with van der Waals surface area (Å²) in [5.74, 6) is 0.377. The van der Waals surface area contributed by atoms with Crippen molar-refractivity contribution in [3.8, 4) is 5.75 Å². The molecule has 1 aromatic carbocycles. The monoisotopic (exact) mass is 312 g/mol. The van der Waals surface area contributed by atoms with E-state index in [4.69, 9.17) is 5.73 Å². The maximum absolute atomic E-state index is 12.1. The number of nitrogens with two attached hydrogens (primary N) is 1. The van der Waals surface area contributed by atoms with Crippen LogP contribution in [0.5, 0.6) is 5.75 Å². The molecule has 2 atom stereocenters. The minimum Gasteiger partial charge on any atom is -0.435 e. The van der Waals surface area contributed by atoms with Gasteiger partial charge in [-0.05, 0) is 43.0 Å². The zero-order chi connectivity index (χ0) is 15.9. The number of carbonyl (C=O) groups excluding carboxylic acids is 1. The van der Waals surface area contributed by atoms with Crippen LogP contribution in [-0.4, -0.2) is 25.1 Å². The molecule has 0 aromatic heterocycles. The van der Waals surface area contributed by atoms with Crippen molar-refractivity contribution >= 4 is 5.91 Å². The van der Waals surface area contributed by atoms with Crippen molar-refractivity contribution in [1.29, 1.82) is 0 Å². The second-order valence-electron chi connectivity index (χ2n) is 5.65. The maximum atomic E-state index is 12.1. The van der Waals surface area contributed by atoms with Gasteiger partial charge in [-0.25, -0.2) is 0 Å². The summed E-state index contributed by atoms with van der Waals surface area (Å²) >= 11 is 0. The van der Waals surface area contributed by atoms with Crippen molar-refractivity contribution in [2.75, 3.05) is 6.54 Å². The van der Waals surface area contributed by atoms with E-state index in [1.807, 2.05) is 0 Å². The Morgan fingerprint density at radius 3 is 2.59 bits per heavy atom. The fourth-order valence-electron chi connectivity index (χ4n) is 2.91. The van der Waals surface area contributed by atoms with Crippen LogP contribution in [0.3, 0.4) is 0 Å². The summed E-state index contributed by atoms with van der Waals surface area (Å²) < 4.78 is 28.4. The Kier molecular flexibility index (Phi) is 6.12. The van der Waals surface area contributed by atoms with Crippen LogP contribution in [0.15, 0.2) is 24.3 Å². The number of amides is 1. The van der Waals surface area contributed by atoms with Crippen molar-refractivity contribution in [3.05, 3.63) is 29.8 Å². The molecule has 1 fully saturated rings. The number of nitrogens with one attached hydrogen (secondary N) is 1. The molecule has 1 aliphatic carbocycles. The molecule has 1 saturated carbocycles. The Bertz CT molecular complexity index is 480. The zero-order valence-electron chi connectivity index (χ0n) is 12.4. The average Bonchev–Trinajstić information content (AvgIpc) is 2.49. The smallest absolute Gasteiger partial charge is 0.387 e. The van der Waals surface area contributed by atoms with Crippen LogP contribution in [0.4, 0.5) is 8.78 Å². The summed E-state index contributed by atoms with van der Waals surface area (Å²) in [6, 6.07) is 6.28. The molecule has 1 aromatic rings. The number of halogens is 2. The predicted octanol–water partition coefficient (Wildman–Crippen LogP) is 2.46. The molecule has 0 aliphatic heterocycles. The van der Waals surface area contributed by atoms with Crippen molar-refractivity contribution in [2.24, 2.45) is 11.7 Å². The first-order valence-electron chi connectivity index (χ1n) is 7.61. The van der Waals surface area contributed by atoms with Crippen molar-refractivity contribution in [3.63, 3.8) is 0 Å². The molecule has 6 heteroatoms. The van der Waals surface area contributed by atoms with Gasteiger partial charge in [0.2, 0.25) is 5.91 Å². The van der Waals surface area contributed by atoms with Gasteiger partial charge in [0.25, 0.3) is 0 Å². The van der Waals surface area contributed by atoms with Crippen LogP contribution in [0.1, 0.15) is 31.2 Å². The molecule has 22 heavy (non-hydrogen) atoms. The molecular weight excluding hydrogens is 290 g/mol. The van der Waals surface area contributed by atoms with E-state index in [0.29, 0.717) is 12.5 Å². The highest BCUT2D eigenvalue weighted by atomic mass is 19.3. The molecule has 0 spiro atoms. The summed E-state index contributed by atoms with van der Waals surface area (Å²) in [5.41, 5.74) is 6.51. The van der Waals surface area contributed by atoms with E-state index in [-0.39, 0.29) is 24.1 Å². The van der Waals surface area contributed by atoms with E-state index in [1.54, 1.807) is 12.1 Å². The molecule has 0 radical (unpaired) electrons. The van der Waals surface area contributed by atoms with Gasteiger partial charge in [-0.1, -0.05) is 25.0 Å². The van der Waals surface area contributed by atoms with E-state index in [9.17, 15) is 13.6 Å². The SMILES string of the molecule is NCC1CCCCC1NC(=O)Cc1ccc(OC(F)F)cc1. The van der Waals surface area contributed by atoms with Crippen LogP contribution in [0.25, 0.3) is 0 Å². The normalized spacial score (nSPS) is 21.6. The average molecular weight is 312 g/mol. The molecule has 0 saturated heterocycles. The third kappa shape index (κ3) is 4.94. The lowest BCUT2D eigenvalue weighted by molar-refractivity contribution is -0.121. The van der Waals surface area contributed by atoms with Crippen LogP contribution in [0, 0.1) is 5.92 Å². The highest BCUT2D eigenvalue weighted by molar-refractivity contribution is 5.78. The number of rotatable bonds is 6. The first-order chi connectivity index (χ1) is 10.6. The van der Waals surface area contributed by atoms with Gasteiger partial charge in [0.15, 0.2) is 0 Å². The summed E-state index contributed by atoms with van der Waals surface area (Å²) in [4.78, 5) is 12.1. The van der Waals surface area contributed by atoms with Crippen molar-refractivity contribution in [1.82, 2.24) is 5.32 Å². The van der Waals surface area contributed by atoms with Crippen LogP contribution in [0.2, 0.25) is 0 Å². The minimum absolute atomic E-state index is 0.0622. The third-order valence-corrected chi connectivity index (χ3v) is 4.07. The highest BCUT2D eigenvalue weighted by Gasteiger charge is 2.25. The van der Waals surface area contributed by atoms with Crippen molar-refractivity contribution in [2.45, 2.75) is 44.8 Å². The molecule has 2 rings (SSSR count). The second kappa shape index (κ2) is 8.08. The number of alkyl halides is 2. The fraction of sp³-hybridized carbons (Fsp3) is 0.562. The first kappa shape index (κ1) is 16.7. The summed E-state index contributed by atoms with van der Waals surface area (Å²) in [6.45, 7) is -2.25. The van der Waals surface area contributed by atoms with Gasteiger partial charge in [-0.15, -0.1) is 0 Å². The quantitative estimate of drug-likeness (QED) is 0.848. The minimum atomic E-state index is -2.84. The number of benzene rings is 1. The molecule has 4 nitrogen and oxygen atoms in total. The Balaban J connectivity index is 1.86. The van der Waals surface area contributed by atoms with Crippen LogP contribution in [-0.2, 0) is 11.2 Å². The number of hydrogen-bond acceptors (Lipinski definition) is 3. The highest BCUT2D eigenvalue weighted by Crippen LogP contribution is 2.23. The van der Waals surface area contributed by atoms with Gasteiger partial charge in [0, 0.05) is 6.04 Å². The summed E-state index contributed by atoms with van der Waals surface area (Å²) in [5, 5.41) is 3.04. The molecule has 3 N–H and O–H groups in total. The maximum Gasteiger partial charge on any atom is 0.387 e. The topological polar surface area (TPSA) is 64.3 Å². The molecule has 2 unspecified atom stereocenters. The van der Waals surface area contributed by atoms with E-state index < -0.39 is 6.61 Å². The first-order valence-corrected chi connectivity index (χ1v) is 7.61. The lowest BCUT2D eigenvalue weighted by Gasteiger charge is -2.31. The van der Waals surface area contributed by atoms with Gasteiger partial charge in [0.05, 0.1) is 6.42 Å². The number of ether oxygens (including phenoxy) is 1. The fourth-order valence-corrected chi connectivity index (χ4v) is 2.91. The number of carbonyl (C=O) groups is 1. The van der Waals surface area contributed by atoms with E-state index in [1.165, 1.54) is 18.6 Å². The van der Waals surface area contributed by atoms with E-state index in [0.717, 1.165) is 24.8 Å². The van der Waals surface area contributed by atoms with E-state index in [2.05, 4.69) is 10.1 Å². The summed E-state index contributed by atoms with van der Waals surface area (Å²) in [6.07, 6.45) is 4.53. The van der Waals surface area contributed by atoms with E-state index >= 15 is 0 Å². The van der Waals surface area contributed by atoms with Gasteiger partial charge >= 0.3 is 6.61 Å². The lowest BCUT2D eigenvalue weighted by atomic mass is 9.84. The Morgan fingerprint density at radius 1 is 1.27 bits per heavy atom. The molecule has 0 heterocycles. The molecule has 1 amide bonds. The third-order valence-electron chi connectivity index (χ3n) is 4.07. The van der Waals surface area contributed by atoms with Gasteiger partial charge in [0.1, 0.15) is 5.75 Å². The Hall–Kier alpha value is -1.69. The molecule has 0 bridgehead atoms. The lowest BCUT2D eigenvalue weighted by Crippen LogP contribution is -2.45. The summed E-state index contributed by atoms with van der Waals surface area (Å²) in [7, 11) is 0. The largest absolute Gasteiger partial charge is 0.435 e. The Morgan fingerprint density at radius 2 is 1.95 bits per heavy atom. The number of hydrogen-bond donors (Lipinski definition) is 2. The van der Waals surface area contributed by atoms with Gasteiger partial charge in [-0.2, -0.15) is 8.78 Å². The van der Waals surface area contributed by atoms with Crippen LogP contribution < -0.4 is 15.8 Å². The second-order valence-corrected chi connectivity index (χ2v) is 5.65. The van der Waals surface area contributed by atoms with Gasteiger partial charge < -0.3 is 15.8 Å². The molecule has 1 aliphatic rings. The predicted molar refractivity (Wildman–Crippen MR) is 79.7 cm³/mol. The molecular formula is C16H22F2N2O2. The molecule has 122 valence electrons. The Labute approximate surface area is 129 Å². The van der Waals surface area contributed by atoms with Crippen LogP contribution >= 0.6 is 0 Å². The standard InChI is InChI=1S/C16H22F2N2O2/c17-16(18)22-13-7-5-11(6-8-13)9-15(21)20-14-4-2-1-3-12(14)10-19/h5-8,12,14,16H,1-4,9-10,19H2,(H,20,21). The van der Waals surface area contributed by atoms with Gasteiger partial charge in [-0.3, -0.25) is 4.79 Å². The van der Waals surface area contributed by atoms with Crippen molar-refractivity contribution < 1.29 is 18.3 Å².